The van der Waals surface area contributed by atoms with Gasteiger partial charge in [0.1, 0.15) is 12.0 Å². The molecule has 1 saturated heterocycles. The summed E-state index contributed by atoms with van der Waals surface area (Å²) in [5.74, 6) is -1.64. The van der Waals surface area contributed by atoms with Gasteiger partial charge in [0, 0.05) is 37.7 Å². The van der Waals surface area contributed by atoms with Crippen molar-refractivity contribution in [2.75, 3.05) is 43.5 Å². The van der Waals surface area contributed by atoms with Crippen molar-refractivity contribution in [2.24, 2.45) is 0 Å². The molecule has 1 N–H and O–H groups in total. The predicted molar refractivity (Wildman–Crippen MR) is 161 cm³/mol. The first-order chi connectivity index (χ1) is 19.5. The summed E-state index contributed by atoms with van der Waals surface area (Å²) in [4.78, 5) is 41.6. The fourth-order valence-electron chi connectivity index (χ4n) is 4.73. The lowest BCUT2D eigenvalue weighted by atomic mass is 9.99. The van der Waals surface area contributed by atoms with E-state index in [0.29, 0.717) is 16.3 Å². The maximum absolute atomic E-state index is 12.7. The molecule has 0 spiro atoms. The van der Waals surface area contributed by atoms with Crippen LogP contribution in [0.1, 0.15) is 43.1 Å². The van der Waals surface area contributed by atoms with E-state index in [1.807, 2.05) is 36.4 Å². The third-order valence-electron chi connectivity index (χ3n) is 6.72. The maximum atomic E-state index is 12.7. The van der Waals surface area contributed by atoms with Gasteiger partial charge in [-0.1, -0.05) is 48.0 Å². The monoisotopic (exact) mass is 577 g/mol. The van der Waals surface area contributed by atoms with Crippen LogP contribution in [0.15, 0.2) is 66.7 Å². The van der Waals surface area contributed by atoms with Crippen molar-refractivity contribution in [2.45, 2.75) is 39.3 Å². The summed E-state index contributed by atoms with van der Waals surface area (Å²) in [5.41, 5.74) is 4.42. The van der Waals surface area contributed by atoms with Crippen LogP contribution in [0.5, 0.6) is 0 Å². The first-order valence-electron chi connectivity index (χ1n) is 13.6. The number of piperazine rings is 1. The number of esters is 2. The number of nitrogens with zero attached hydrogens (tertiary/aromatic N) is 2. The molecule has 1 fully saturated rings. The highest BCUT2D eigenvalue weighted by Crippen LogP contribution is 2.31. The van der Waals surface area contributed by atoms with E-state index in [4.69, 9.17) is 16.3 Å². The van der Waals surface area contributed by atoms with Crippen molar-refractivity contribution < 1.29 is 23.9 Å². The lowest BCUT2D eigenvalue weighted by Crippen LogP contribution is -2.46. The summed E-state index contributed by atoms with van der Waals surface area (Å²) in [6.45, 7) is 9.23. The minimum Gasteiger partial charge on any atom is -0.469 e. The summed E-state index contributed by atoms with van der Waals surface area (Å²) in [5, 5.41) is 3.51. The van der Waals surface area contributed by atoms with Crippen LogP contribution in [0.25, 0.3) is 11.1 Å². The molecule has 3 aromatic carbocycles. The molecule has 1 aliphatic heterocycles. The van der Waals surface area contributed by atoms with Crippen LogP contribution in [0.2, 0.25) is 5.02 Å². The zero-order chi connectivity index (χ0) is 29.6. The van der Waals surface area contributed by atoms with Gasteiger partial charge in [-0.05, 0) is 67.8 Å². The van der Waals surface area contributed by atoms with Gasteiger partial charge in [-0.3, -0.25) is 14.5 Å². The number of carbonyl (C=O) groups excluding carboxylic acids is 3. The molecule has 0 saturated carbocycles. The predicted octanol–water partition coefficient (Wildman–Crippen LogP) is 5.79. The van der Waals surface area contributed by atoms with Gasteiger partial charge < -0.3 is 19.7 Å². The number of carbonyl (C=O) groups is 3. The number of hydrogen-bond donors (Lipinski definition) is 1. The van der Waals surface area contributed by atoms with Crippen LogP contribution in [-0.4, -0.2) is 61.6 Å². The first kappa shape index (κ1) is 30.1. The molecule has 9 heteroatoms. The van der Waals surface area contributed by atoms with E-state index in [1.165, 1.54) is 18.2 Å². The molecule has 8 nitrogen and oxygen atoms in total. The molecule has 0 radical (unpaired) electrons. The van der Waals surface area contributed by atoms with Gasteiger partial charge >= 0.3 is 11.9 Å². The van der Waals surface area contributed by atoms with Gasteiger partial charge in [0.15, 0.2) is 0 Å². The summed E-state index contributed by atoms with van der Waals surface area (Å²) >= 11 is 6.10. The molecule has 1 aliphatic rings. The molecule has 3 aromatic rings. The number of rotatable bonds is 8. The minimum atomic E-state index is -0.660. The number of anilines is 2. The Morgan fingerprint density at radius 1 is 0.927 bits per heavy atom. The Hall–Kier alpha value is -3.88. The summed E-state index contributed by atoms with van der Waals surface area (Å²) in [7, 11) is 1.23. The molecular formula is C32H36ClN3O5. The molecule has 4 rings (SSSR count). The van der Waals surface area contributed by atoms with Crippen LogP contribution in [0.3, 0.4) is 0 Å². The highest BCUT2D eigenvalue weighted by atomic mass is 35.5. The Morgan fingerprint density at radius 2 is 1.61 bits per heavy atom. The van der Waals surface area contributed by atoms with E-state index in [-0.39, 0.29) is 0 Å². The smallest absolute Gasteiger partial charge is 0.338 e. The second-order valence-corrected chi connectivity index (χ2v) is 11.4. The molecule has 0 aromatic heterocycles. The van der Waals surface area contributed by atoms with E-state index in [1.54, 1.807) is 32.9 Å². The van der Waals surface area contributed by atoms with Crippen LogP contribution < -0.4 is 10.2 Å². The Labute approximate surface area is 246 Å². The average molecular weight is 578 g/mol. The zero-order valence-corrected chi connectivity index (χ0v) is 24.7. The Balaban J connectivity index is 1.49. The van der Waals surface area contributed by atoms with Gasteiger partial charge in [0.05, 0.1) is 24.0 Å². The normalized spacial score (nSPS) is 13.9. The van der Waals surface area contributed by atoms with Crippen LogP contribution in [-0.2, 0) is 25.6 Å². The lowest BCUT2D eigenvalue weighted by Gasteiger charge is -2.37. The zero-order valence-electron chi connectivity index (χ0n) is 23.9. The number of benzene rings is 3. The van der Waals surface area contributed by atoms with Gasteiger partial charge in [-0.25, -0.2) is 4.79 Å². The van der Waals surface area contributed by atoms with E-state index in [2.05, 4.69) is 38.1 Å². The highest BCUT2D eigenvalue weighted by molar-refractivity contribution is 6.30. The second kappa shape index (κ2) is 13.2. The Morgan fingerprint density at radius 3 is 2.27 bits per heavy atom. The quantitative estimate of drug-likeness (QED) is 0.268. The van der Waals surface area contributed by atoms with Crippen molar-refractivity contribution in [3.8, 4) is 11.1 Å². The van der Waals surface area contributed by atoms with Crippen molar-refractivity contribution in [3.63, 3.8) is 0 Å². The fourth-order valence-corrected chi connectivity index (χ4v) is 4.86. The van der Waals surface area contributed by atoms with E-state index >= 15 is 0 Å². The summed E-state index contributed by atoms with van der Waals surface area (Å²) < 4.78 is 10.1. The maximum Gasteiger partial charge on any atom is 0.338 e. The number of amides is 1. The van der Waals surface area contributed by atoms with Crippen molar-refractivity contribution in [3.05, 3.63) is 82.9 Å². The number of ether oxygens (including phenoxy) is 2. The molecule has 0 aliphatic carbocycles. The average Bonchev–Trinajstić information content (AvgIpc) is 2.93. The third-order valence-corrected chi connectivity index (χ3v) is 6.97. The highest BCUT2D eigenvalue weighted by Gasteiger charge is 2.24. The van der Waals surface area contributed by atoms with Crippen LogP contribution >= 0.6 is 11.6 Å². The van der Waals surface area contributed by atoms with Crippen molar-refractivity contribution in [1.29, 1.82) is 0 Å². The number of halogens is 1. The second-order valence-electron chi connectivity index (χ2n) is 11.0. The van der Waals surface area contributed by atoms with Crippen molar-refractivity contribution >= 4 is 40.8 Å². The Bertz CT molecular complexity index is 1390. The topological polar surface area (TPSA) is 88.2 Å². The van der Waals surface area contributed by atoms with Crippen molar-refractivity contribution in [1.82, 2.24) is 4.90 Å². The van der Waals surface area contributed by atoms with Gasteiger partial charge in [0.2, 0.25) is 5.91 Å². The molecule has 41 heavy (non-hydrogen) atoms. The van der Waals surface area contributed by atoms with Gasteiger partial charge in [-0.15, -0.1) is 0 Å². The van der Waals surface area contributed by atoms with Gasteiger partial charge in [0.25, 0.3) is 0 Å². The molecule has 1 heterocycles. The first-order valence-corrected chi connectivity index (χ1v) is 14.0. The fraction of sp³-hybridized carbons (Fsp3) is 0.344. The summed E-state index contributed by atoms with van der Waals surface area (Å²) in [6, 6.07) is 21.4. The van der Waals surface area contributed by atoms with Gasteiger partial charge in [-0.2, -0.15) is 0 Å². The van der Waals surface area contributed by atoms with E-state index < -0.39 is 29.9 Å². The molecular weight excluding hydrogens is 542 g/mol. The molecule has 0 bridgehead atoms. The lowest BCUT2D eigenvalue weighted by molar-refractivity contribution is -0.142. The SMILES string of the molecule is COC(=O)CC(=O)Nc1cc(C(=O)OC(C)(C)C)ccc1N1CCN(Cc2ccccc2-c2ccc(Cl)cc2)CC1. The number of nitrogens with one attached hydrogen (secondary N) is 1. The number of hydrogen-bond acceptors (Lipinski definition) is 7. The van der Waals surface area contributed by atoms with E-state index in [0.717, 1.165) is 44.0 Å². The molecule has 1 amide bonds. The summed E-state index contributed by atoms with van der Waals surface area (Å²) in [6.07, 6.45) is -0.423. The van der Waals surface area contributed by atoms with Crippen LogP contribution in [0, 0.1) is 0 Å². The minimum absolute atomic E-state index is 0.314. The molecule has 0 atom stereocenters. The van der Waals surface area contributed by atoms with Crippen LogP contribution in [0.4, 0.5) is 11.4 Å². The number of methoxy groups -OCH3 is 1. The molecule has 216 valence electrons. The standard InChI is InChI=1S/C32H36ClN3O5/c1-32(2,3)41-31(39)23-11-14-28(27(19-23)34-29(37)20-30(38)40-4)36-17-15-35(16-18-36)21-24-7-5-6-8-26(24)22-9-12-25(33)13-10-22/h5-14,19H,15-18,20-21H2,1-4H3,(H,34,37). The Kier molecular flexibility index (Phi) is 9.68. The largest absolute Gasteiger partial charge is 0.469 e. The third kappa shape index (κ3) is 8.31. The van der Waals surface area contributed by atoms with E-state index in [9.17, 15) is 14.4 Å². The molecule has 0 unspecified atom stereocenters.